The van der Waals surface area contributed by atoms with E-state index >= 15 is 0 Å². The minimum absolute atomic E-state index is 0.292. The lowest BCUT2D eigenvalue weighted by Crippen LogP contribution is -2.41. The molecule has 1 aliphatic heterocycles. The summed E-state index contributed by atoms with van der Waals surface area (Å²) >= 11 is 6.20. The van der Waals surface area contributed by atoms with E-state index in [2.05, 4.69) is 13.8 Å². The number of nitrogens with zero attached hydrogens (tertiary/aromatic N) is 1. The molecule has 1 atom stereocenters. The first-order valence-corrected chi connectivity index (χ1v) is 11.1. The van der Waals surface area contributed by atoms with E-state index in [0.717, 1.165) is 16.7 Å². The Bertz CT molecular complexity index is 1170. The molecule has 0 radical (unpaired) electrons. The Morgan fingerprint density at radius 2 is 1.69 bits per heavy atom. The average Bonchev–Trinajstić information content (AvgIpc) is 2.96. The summed E-state index contributed by atoms with van der Waals surface area (Å²) in [5.74, 6) is -0.453. The third-order valence-corrected chi connectivity index (χ3v) is 6.31. The van der Waals surface area contributed by atoms with Gasteiger partial charge in [0.05, 0.1) is 18.7 Å². The number of rotatable bonds is 6. The lowest BCUT2D eigenvalue weighted by Gasteiger charge is -2.23. The monoisotopic (exact) mass is 447 g/mol. The number of hydrogen-bond donors (Lipinski definition) is 1. The van der Waals surface area contributed by atoms with Gasteiger partial charge in [-0.2, -0.15) is 0 Å². The highest BCUT2D eigenvalue weighted by atomic mass is 35.5. The summed E-state index contributed by atoms with van der Waals surface area (Å²) in [5.41, 5.74) is 2.64. The third-order valence-electron chi connectivity index (χ3n) is 6.07. The van der Waals surface area contributed by atoms with E-state index in [0.29, 0.717) is 34.3 Å². The highest BCUT2D eigenvalue weighted by molar-refractivity contribution is 6.31. The van der Waals surface area contributed by atoms with E-state index < -0.39 is 11.5 Å². The van der Waals surface area contributed by atoms with Crippen LogP contribution in [0, 0.1) is 6.92 Å². The van der Waals surface area contributed by atoms with Crippen molar-refractivity contribution in [3.8, 4) is 0 Å². The number of anilines is 1. The third kappa shape index (κ3) is 4.08. The zero-order valence-electron chi connectivity index (χ0n) is 18.4. The molecule has 1 aliphatic rings. The molecule has 4 nitrogen and oxygen atoms in total. The Hall–Kier alpha value is -2.95. The van der Waals surface area contributed by atoms with Crippen LogP contribution < -0.4 is 4.90 Å². The van der Waals surface area contributed by atoms with Gasteiger partial charge in [-0.25, -0.2) is 0 Å². The van der Waals surface area contributed by atoms with Gasteiger partial charge >= 0.3 is 0 Å². The van der Waals surface area contributed by atoms with Crippen molar-refractivity contribution in [1.29, 1.82) is 0 Å². The number of aliphatic hydroxyl groups is 1. The predicted molar refractivity (Wildman–Crippen MR) is 127 cm³/mol. The standard InChI is InChI=1S/C27H26ClNO3/c1-17(2)20-8-10-21(11-9-20)25(30)15-27(32)23-14-22(28)12-13-24(23)29(26(27)31)16-19-6-4-18(3)5-7-19/h4-14,17,32H,15-16H2,1-3H3. The van der Waals surface area contributed by atoms with E-state index in [1.807, 2.05) is 43.3 Å². The Morgan fingerprint density at radius 1 is 1.03 bits per heavy atom. The van der Waals surface area contributed by atoms with Gasteiger partial charge in [0.1, 0.15) is 0 Å². The maximum atomic E-state index is 13.5. The topological polar surface area (TPSA) is 57.6 Å². The van der Waals surface area contributed by atoms with Crippen molar-refractivity contribution < 1.29 is 14.7 Å². The zero-order valence-corrected chi connectivity index (χ0v) is 19.2. The van der Waals surface area contributed by atoms with E-state index in [4.69, 9.17) is 11.6 Å². The van der Waals surface area contributed by atoms with Gasteiger partial charge in [-0.05, 0) is 42.2 Å². The molecule has 0 aromatic heterocycles. The van der Waals surface area contributed by atoms with E-state index in [-0.39, 0.29) is 12.2 Å². The van der Waals surface area contributed by atoms with E-state index in [9.17, 15) is 14.7 Å². The van der Waals surface area contributed by atoms with Crippen molar-refractivity contribution in [2.45, 2.75) is 45.3 Å². The minimum atomic E-state index is -1.96. The first-order chi connectivity index (χ1) is 15.2. The molecule has 0 aliphatic carbocycles. The Balaban J connectivity index is 1.66. The van der Waals surface area contributed by atoms with Crippen molar-refractivity contribution in [2.24, 2.45) is 0 Å². The molecule has 1 unspecified atom stereocenters. The normalized spacial score (nSPS) is 17.7. The number of aryl methyl sites for hydroxylation is 1. The summed E-state index contributed by atoms with van der Waals surface area (Å²) in [6, 6.07) is 20.2. The fraction of sp³-hybridized carbons (Fsp3) is 0.259. The molecule has 0 saturated heterocycles. The van der Waals surface area contributed by atoms with Crippen LogP contribution in [0.1, 0.15) is 58.8 Å². The average molecular weight is 448 g/mol. The second-order valence-electron chi connectivity index (χ2n) is 8.78. The highest BCUT2D eigenvalue weighted by Crippen LogP contribution is 2.44. The fourth-order valence-corrected chi connectivity index (χ4v) is 4.29. The number of Topliss-reactive ketones (excluding diaryl/α,β-unsaturated/α-hetero) is 1. The summed E-state index contributed by atoms with van der Waals surface area (Å²) < 4.78 is 0. The smallest absolute Gasteiger partial charge is 0.264 e. The Morgan fingerprint density at radius 3 is 2.31 bits per heavy atom. The van der Waals surface area contributed by atoms with Crippen LogP contribution in [0.25, 0.3) is 0 Å². The summed E-state index contributed by atoms with van der Waals surface area (Å²) in [7, 11) is 0. The molecule has 0 spiro atoms. The van der Waals surface area contributed by atoms with Gasteiger partial charge in [-0.1, -0.05) is 79.5 Å². The van der Waals surface area contributed by atoms with Gasteiger partial charge in [0.15, 0.2) is 11.4 Å². The number of carbonyl (C=O) groups is 2. The van der Waals surface area contributed by atoms with Gasteiger partial charge in [-0.3, -0.25) is 9.59 Å². The van der Waals surface area contributed by atoms with Crippen molar-refractivity contribution in [3.05, 3.63) is 99.6 Å². The number of halogens is 1. The van der Waals surface area contributed by atoms with Crippen LogP contribution >= 0.6 is 11.6 Å². The number of fused-ring (bicyclic) bond motifs is 1. The maximum absolute atomic E-state index is 13.5. The summed E-state index contributed by atoms with van der Waals surface area (Å²) in [5, 5.41) is 11.9. The summed E-state index contributed by atoms with van der Waals surface area (Å²) in [4.78, 5) is 28.1. The second kappa shape index (κ2) is 8.53. The number of ketones is 1. The molecule has 0 saturated carbocycles. The second-order valence-corrected chi connectivity index (χ2v) is 9.21. The molecule has 4 rings (SSSR count). The largest absolute Gasteiger partial charge is 0.375 e. The molecule has 1 heterocycles. The van der Waals surface area contributed by atoms with Gasteiger partial charge in [0, 0.05) is 16.1 Å². The van der Waals surface area contributed by atoms with E-state index in [1.54, 1.807) is 30.3 Å². The van der Waals surface area contributed by atoms with Crippen LogP contribution in [0.4, 0.5) is 5.69 Å². The zero-order chi connectivity index (χ0) is 23.0. The molecule has 32 heavy (non-hydrogen) atoms. The van der Waals surface area contributed by atoms with Crippen LogP contribution in [-0.2, 0) is 16.9 Å². The van der Waals surface area contributed by atoms with Gasteiger partial charge in [0.25, 0.3) is 5.91 Å². The quantitative estimate of drug-likeness (QED) is 0.487. The fourth-order valence-electron chi connectivity index (χ4n) is 4.11. The Kier molecular flexibility index (Phi) is 5.93. The lowest BCUT2D eigenvalue weighted by molar-refractivity contribution is -0.136. The molecule has 3 aromatic carbocycles. The molecule has 5 heteroatoms. The molecule has 1 amide bonds. The van der Waals surface area contributed by atoms with Crippen molar-refractivity contribution in [3.63, 3.8) is 0 Å². The number of carbonyl (C=O) groups excluding carboxylic acids is 2. The maximum Gasteiger partial charge on any atom is 0.264 e. The molecular formula is C27H26ClNO3. The highest BCUT2D eigenvalue weighted by Gasteiger charge is 2.51. The van der Waals surface area contributed by atoms with Gasteiger partial charge < -0.3 is 10.0 Å². The van der Waals surface area contributed by atoms with Gasteiger partial charge in [0.2, 0.25) is 0 Å². The molecule has 0 fully saturated rings. The minimum Gasteiger partial charge on any atom is -0.375 e. The first kappa shape index (κ1) is 22.3. The number of hydrogen-bond acceptors (Lipinski definition) is 3. The van der Waals surface area contributed by atoms with Crippen LogP contribution in [0.5, 0.6) is 0 Å². The number of amides is 1. The van der Waals surface area contributed by atoms with Gasteiger partial charge in [-0.15, -0.1) is 0 Å². The molecular weight excluding hydrogens is 422 g/mol. The van der Waals surface area contributed by atoms with Crippen LogP contribution in [0.3, 0.4) is 0 Å². The lowest BCUT2D eigenvalue weighted by atomic mass is 9.87. The van der Waals surface area contributed by atoms with Crippen LogP contribution in [0.2, 0.25) is 5.02 Å². The number of benzene rings is 3. The summed E-state index contributed by atoms with van der Waals surface area (Å²) in [6.45, 7) is 6.47. The first-order valence-electron chi connectivity index (χ1n) is 10.7. The van der Waals surface area contributed by atoms with Crippen molar-refractivity contribution in [2.75, 3.05) is 4.90 Å². The van der Waals surface area contributed by atoms with Crippen LogP contribution in [0.15, 0.2) is 66.7 Å². The van der Waals surface area contributed by atoms with Crippen LogP contribution in [-0.4, -0.2) is 16.8 Å². The van der Waals surface area contributed by atoms with E-state index in [1.165, 1.54) is 4.90 Å². The predicted octanol–water partition coefficient (Wildman–Crippen LogP) is 5.78. The molecule has 3 aromatic rings. The molecule has 1 N–H and O–H groups in total. The van der Waals surface area contributed by atoms with Crippen molar-refractivity contribution >= 4 is 29.0 Å². The molecule has 164 valence electrons. The summed E-state index contributed by atoms with van der Waals surface area (Å²) in [6.07, 6.45) is -0.343. The SMILES string of the molecule is Cc1ccc(CN2C(=O)C(O)(CC(=O)c3ccc(C(C)C)cc3)c3cc(Cl)ccc32)cc1. The Labute approximate surface area is 193 Å². The van der Waals surface area contributed by atoms with Crippen molar-refractivity contribution in [1.82, 2.24) is 0 Å². The molecule has 0 bridgehead atoms.